The van der Waals surface area contributed by atoms with Gasteiger partial charge in [-0.3, -0.25) is 0 Å². The molecule has 0 saturated carbocycles. The van der Waals surface area contributed by atoms with E-state index in [9.17, 15) is 0 Å². The minimum atomic E-state index is -2.40. The van der Waals surface area contributed by atoms with Gasteiger partial charge in [0, 0.05) is 33.4 Å². The van der Waals surface area contributed by atoms with Crippen LogP contribution in [0.2, 0.25) is 52.4 Å². The first kappa shape index (κ1) is 65.5. The highest BCUT2D eigenvalue weighted by molar-refractivity contribution is 7.06. The standard InChI is InChI=1S/C98H76N6Si4/c1-105(2)85-50-45-68(52-81(85)82-53-71(46-51-86(82)105)95-99-93(66-32-20-12-21-33-66)101-97(103-95)73-55-80(65-30-18-11-19-31-65)92-83(56-73)75-36-24-25-37-84(75)108(92,7)8)62-38-40-63(41-39-62)70-43-49-78-89(58-70)107(5,6)90-60-74(54-79(91(78)90)64-28-16-10-17-29-64)98-102-94(67-34-22-13-23-35-67)100-96(104-98)72-44-48-77-76-47-42-69(61-26-14-9-15-27-61)57-87(76)106(3,4)88(77)59-72/h9-60H,1-8H3. The average molecular weight is 1450 g/mol. The van der Waals surface area contributed by atoms with Crippen LogP contribution in [0, 0.1) is 0 Å². The van der Waals surface area contributed by atoms with Gasteiger partial charge >= 0.3 is 0 Å². The zero-order valence-electron chi connectivity index (χ0n) is 61.7. The van der Waals surface area contributed by atoms with Gasteiger partial charge in [-0.15, -0.1) is 0 Å². The largest absolute Gasteiger partial charge is 0.208 e. The smallest absolute Gasteiger partial charge is 0.164 e. The van der Waals surface area contributed by atoms with Gasteiger partial charge in [0.15, 0.2) is 34.9 Å². The SMILES string of the molecule is C[Si]1(C)c2ccc(-c3ccc(-c4ccc5c(c4)[Si](C)(C)c4cc(-c6nc(-c7ccccc7)nc(-c7ccc8c(c7)[Si](C)(C)c7cc(-c9ccccc9)ccc7-8)n6)cc(-c6ccccc6)c4-5)cc3)cc2-c2cc(-c3nc(-c4ccccc4)nc(-c4cc(-c5ccccc5)c5c(c4)-c4ccccc4[Si]5(C)C)n3)ccc21. The maximum atomic E-state index is 5.51. The summed E-state index contributed by atoms with van der Waals surface area (Å²) in [6.45, 7) is 20.0. The van der Waals surface area contributed by atoms with Gasteiger partial charge in [-0.2, -0.15) is 0 Å². The van der Waals surface area contributed by atoms with Gasteiger partial charge in [0.1, 0.15) is 32.3 Å². The van der Waals surface area contributed by atoms with E-state index in [1.54, 1.807) is 0 Å². The fourth-order valence-corrected chi connectivity index (χ4v) is 30.9. The van der Waals surface area contributed by atoms with E-state index < -0.39 is 32.3 Å². The maximum absolute atomic E-state index is 5.51. The lowest BCUT2D eigenvalue weighted by Gasteiger charge is -2.23. The van der Waals surface area contributed by atoms with Crippen molar-refractivity contribution in [2.24, 2.45) is 0 Å². The summed E-state index contributed by atoms with van der Waals surface area (Å²) >= 11 is 0. The molecule has 20 rings (SSSR count). The molecule has 0 amide bonds. The molecule has 0 bridgehead atoms. The molecule has 4 aliphatic rings. The van der Waals surface area contributed by atoms with Crippen molar-refractivity contribution < 1.29 is 0 Å². The Bertz CT molecular complexity index is 6400. The predicted molar refractivity (Wildman–Crippen MR) is 462 cm³/mol. The van der Waals surface area contributed by atoms with Crippen molar-refractivity contribution >= 4 is 73.8 Å². The third kappa shape index (κ3) is 10.5. The van der Waals surface area contributed by atoms with Crippen molar-refractivity contribution in [1.29, 1.82) is 0 Å². The van der Waals surface area contributed by atoms with Gasteiger partial charge in [0.25, 0.3) is 0 Å². The monoisotopic (exact) mass is 1450 g/mol. The van der Waals surface area contributed by atoms with Crippen LogP contribution in [-0.2, 0) is 0 Å². The van der Waals surface area contributed by atoms with E-state index in [0.717, 1.165) is 33.4 Å². The molecule has 514 valence electrons. The second kappa shape index (κ2) is 24.8. The molecule has 6 nitrogen and oxygen atoms in total. The quantitative estimate of drug-likeness (QED) is 0.120. The summed E-state index contributed by atoms with van der Waals surface area (Å²) in [6.07, 6.45) is 0. The number of fused-ring (bicyclic) bond motifs is 12. The lowest BCUT2D eigenvalue weighted by Crippen LogP contribution is -2.50. The van der Waals surface area contributed by atoms with Crippen LogP contribution in [0.3, 0.4) is 0 Å². The van der Waals surface area contributed by atoms with E-state index in [0.29, 0.717) is 34.9 Å². The summed E-state index contributed by atoms with van der Waals surface area (Å²) in [4.78, 5) is 32.4. The lowest BCUT2D eigenvalue weighted by molar-refractivity contribution is 1.07. The summed E-state index contributed by atoms with van der Waals surface area (Å²) in [6, 6.07) is 117. The molecule has 0 N–H and O–H groups in total. The third-order valence-corrected chi connectivity index (χ3v) is 38.1. The second-order valence-corrected chi connectivity index (χ2v) is 49.0. The van der Waals surface area contributed by atoms with Crippen molar-refractivity contribution in [1.82, 2.24) is 29.9 Å². The van der Waals surface area contributed by atoms with Gasteiger partial charge in [0.2, 0.25) is 0 Å². The van der Waals surface area contributed by atoms with E-state index >= 15 is 0 Å². The van der Waals surface area contributed by atoms with Crippen LogP contribution >= 0.6 is 0 Å². The predicted octanol–water partition coefficient (Wildman–Crippen LogP) is 19.6. The van der Waals surface area contributed by atoms with E-state index in [4.69, 9.17) is 29.9 Å². The van der Waals surface area contributed by atoms with Gasteiger partial charge in [0.05, 0.1) is 0 Å². The van der Waals surface area contributed by atoms with Crippen molar-refractivity contribution in [3.05, 3.63) is 315 Å². The zero-order valence-corrected chi connectivity index (χ0v) is 65.7. The van der Waals surface area contributed by atoms with Gasteiger partial charge in [-0.05, 0) is 172 Å². The first-order valence-electron chi connectivity index (χ1n) is 37.6. The maximum Gasteiger partial charge on any atom is 0.164 e. The van der Waals surface area contributed by atoms with Crippen LogP contribution in [0.4, 0.5) is 0 Å². The van der Waals surface area contributed by atoms with Crippen LogP contribution in [0.5, 0.6) is 0 Å². The van der Waals surface area contributed by atoms with Gasteiger partial charge < -0.3 is 0 Å². The average Bonchev–Trinajstić information content (AvgIpc) is 1.56. The molecule has 16 aromatic rings. The third-order valence-electron chi connectivity index (χ3n) is 24.0. The van der Waals surface area contributed by atoms with Crippen molar-refractivity contribution in [3.63, 3.8) is 0 Å². The molecule has 6 heterocycles. The Morgan fingerprint density at radius 2 is 0.444 bits per heavy atom. The highest BCUT2D eigenvalue weighted by Crippen LogP contribution is 2.44. The summed E-state index contributed by atoms with van der Waals surface area (Å²) in [7, 11) is -8.70. The van der Waals surface area contributed by atoms with Gasteiger partial charge in [-0.1, -0.05) is 337 Å². The highest BCUT2D eigenvalue weighted by Gasteiger charge is 2.44. The minimum Gasteiger partial charge on any atom is -0.208 e. The van der Waals surface area contributed by atoms with Crippen LogP contribution in [0.25, 0.3) is 168 Å². The molecule has 10 heteroatoms. The van der Waals surface area contributed by atoms with E-state index in [1.807, 2.05) is 6.07 Å². The summed E-state index contributed by atoms with van der Waals surface area (Å²) in [5.74, 6) is 3.99. The number of rotatable bonds is 11. The molecule has 14 aromatic carbocycles. The van der Waals surface area contributed by atoms with Crippen LogP contribution in [0.1, 0.15) is 0 Å². The van der Waals surface area contributed by atoms with Crippen LogP contribution in [-0.4, -0.2) is 62.2 Å². The summed E-state index contributed by atoms with van der Waals surface area (Å²) < 4.78 is 0. The molecule has 0 fully saturated rings. The normalized spacial score (nSPS) is 14.4. The first-order chi connectivity index (χ1) is 52.5. The molecular formula is C98H76N6Si4. The molecule has 0 unspecified atom stereocenters. The Morgan fingerprint density at radius 1 is 0.157 bits per heavy atom. The molecule has 4 aliphatic heterocycles. The minimum absolute atomic E-state index is 0.655. The first-order valence-corrected chi connectivity index (χ1v) is 49.6. The molecule has 2 aromatic heterocycles. The molecule has 0 spiro atoms. The zero-order chi connectivity index (χ0) is 73.0. The number of benzene rings is 14. The molecule has 108 heavy (non-hydrogen) atoms. The fourth-order valence-electron chi connectivity index (χ4n) is 18.2. The Morgan fingerprint density at radius 3 is 0.981 bits per heavy atom. The van der Waals surface area contributed by atoms with E-state index in [-0.39, 0.29) is 0 Å². The van der Waals surface area contributed by atoms with Crippen molar-refractivity contribution in [3.8, 4) is 168 Å². The van der Waals surface area contributed by atoms with Crippen molar-refractivity contribution in [2.75, 3.05) is 0 Å². The van der Waals surface area contributed by atoms with Gasteiger partial charge in [-0.25, -0.2) is 29.9 Å². The Labute approximate surface area is 635 Å². The Hall–Kier alpha value is -12.0. The second-order valence-electron chi connectivity index (χ2n) is 31.8. The van der Waals surface area contributed by atoms with E-state index in [1.165, 1.54) is 142 Å². The van der Waals surface area contributed by atoms with E-state index in [2.05, 4.69) is 362 Å². The summed E-state index contributed by atoms with van der Waals surface area (Å²) in [5.41, 5.74) is 28.4. The molecule has 0 saturated heterocycles. The van der Waals surface area contributed by atoms with Crippen LogP contribution < -0.4 is 41.5 Å². The Kier molecular flexibility index (Phi) is 15.0. The number of hydrogen-bond acceptors (Lipinski definition) is 6. The Balaban J connectivity index is 0.635. The highest BCUT2D eigenvalue weighted by atomic mass is 28.3. The van der Waals surface area contributed by atoms with Crippen molar-refractivity contribution in [2.45, 2.75) is 52.4 Å². The summed E-state index contributed by atoms with van der Waals surface area (Å²) in [5, 5.41) is 11.5. The fraction of sp³-hybridized carbons (Fsp3) is 0.0816. The number of aromatic nitrogens is 6. The number of hydrogen-bond donors (Lipinski definition) is 0. The lowest BCUT2D eigenvalue weighted by atomic mass is 9.91. The molecule has 0 atom stereocenters. The topological polar surface area (TPSA) is 77.3 Å². The number of nitrogens with zero attached hydrogens (tertiary/aromatic N) is 6. The van der Waals surface area contributed by atoms with Crippen LogP contribution in [0.15, 0.2) is 315 Å². The molecule has 0 aliphatic carbocycles. The molecular weight excluding hydrogens is 1370 g/mol. The molecule has 0 radical (unpaired) electrons.